The quantitative estimate of drug-likeness (QED) is 0.303. The first-order valence-corrected chi connectivity index (χ1v) is 11.1. The van der Waals surface area contributed by atoms with Crippen LogP contribution in [0.1, 0.15) is 18.4 Å². The Kier molecular flexibility index (Phi) is 10.7. The fourth-order valence-electron chi connectivity index (χ4n) is 3.36. The van der Waals surface area contributed by atoms with Crippen molar-refractivity contribution in [2.75, 3.05) is 52.3 Å². The van der Waals surface area contributed by atoms with Gasteiger partial charge in [0.1, 0.15) is 12.4 Å². The molecule has 0 aliphatic carbocycles. The van der Waals surface area contributed by atoms with Gasteiger partial charge >= 0.3 is 0 Å². The van der Waals surface area contributed by atoms with E-state index in [2.05, 4.69) is 55.1 Å². The second-order valence-corrected chi connectivity index (χ2v) is 8.51. The molecule has 1 aliphatic rings. The summed E-state index contributed by atoms with van der Waals surface area (Å²) < 4.78 is 5.83. The van der Waals surface area contributed by atoms with Crippen LogP contribution in [0.2, 0.25) is 0 Å². The van der Waals surface area contributed by atoms with Gasteiger partial charge in [-0.3, -0.25) is 4.99 Å². The van der Waals surface area contributed by atoms with Crippen LogP contribution in [0.4, 0.5) is 5.00 Å². The number of benzene rings is 1. The molecule has 6 nitrogen and oxygen atoms in total. The van der Waals surface area contributed by atoms with E-state index in [0.29, 0.717) is 12.6 Å². The lowest BCUT2D eigenvalue weighted by Gasteiger charge is -2.33. The minimum atomic E-state index is 0. The number of piperidine rings is 1. The average molecular weight is 544 g/mol. The van der Waals surface area contributed by atoms with Crippen LogP contribution in [0.5, 0.6) is 5.75 Å². The smallest absolute Gasteiger partial charge is 0.191 e. The van der Waals surface area contributed by atoms with Gasteiger partial charge in [0.05, 0.1) is 5.00 Å². The van der Waals surface area contributed by atoms with E-state index in [1.54, 1.807) is 0 Å². The summed E-state index contributed by atoms with van der Waals surface area (Å²) in [5.74, 6) is 1.77. The van der Waals surface area contributed by atoms with Crippen molar-refractivity contribution in [1.82, 2.24) is 15.5 Å². The lowest BCUT2D eigenvalue weighted by molar-refractivity contribution is 0.261. The Hall–Kier alpha value is -1.52. The number of nitrogens with one attached hydrogen (secondary N) is 2. The number of ether oxygens (including phenoxy) is 1. The number of guanidine groups is 1. The van der Waals surface area contributed by atoms with Gasteiger partial charge in [-0.1, -0.05) is 12.1 Å². The van der Waals surface area contributed by atoms with Crippen LogP contribution in [0.3, 0.4) is 0 Å². The summed E-state index contributed by atoms with van der Waals surface area (Å²) in [6.45, 7) is 4.49. The van der Waals surface area contributed by atoms with E-state index in [1.807, 2.05) is 44.6 Å². The van der Waals surface area contributed by atoms with Gasteiger partial charge in [-0.2, -0.15) is 0 Å². The monoisotopic (exact) mass is 543 g/mol. The van der Waals surface area contributed by atoms with E-state index in [-0.39, 0.29) is 24.0 Å². The molecule has 1 aromatic carbocycles. The van der Waals surface area contributed by atoms with Crippen LogP contribution >= 0.6 is 35.3 Å². The van der Waals surface area contributed by atoms with Crippen LogP contribution in [-0.4, -0.2) is 64.3 Å². The summed E-state index contributed by atoms with van der Waals surface area (Å²) in [7, 11) is 5.93. The summed E-state index contributed by atoms with van der Waals surface area (Å²) in [5.41, 5.74) is 1.18. The molecule has 0 spiro atoms. The fourth-order valence-corrected chi connectivity index (χ4v) is 4.14. The Morgan fingerprint density at radius 2 is 2.03 bits per heavy atom. The number of aliphatic imine (C=N–C) groups is 1. The fraction of sp³-hybridized carbons (Fsp3) is 0.500. The van der Waals surface area contributed by atoms with Gasteiger partial charge in [-0.25, -0.2) is 0 Å². The summed E-state index contributed by atoms with van der Waals surface area (Å²) in [5, 5.41) is 10.5. The summed E-state index contributed by atoms with van der Waals surface area (Å²) >= 11 is 1.82. The van der Waals surface area contributed by atoms with Crippen molar-refractivity contribution < 1.29 is 4.74 Å². The lowest BCUT2D eigenvalue weighted by Crippen LogP contribution is -2.48. The van der Waals surface area contributed by atoms with Crippen molar-refractivity contribution in [1.29, 1.82) is 0 Å². The summed E-state index contributed by atoms with van der Waals surface area (Å²) in [6, 6.07) is 13.0. The van der Waals surface area contributed by atoms with E-state index in [4.69, 9.17) is 4.74 Å². The molecule has 1 aromatic heterocycles. The number of hydrogen-bond donors (Lipinski definition) is 2. The molecular formula is C22H34IN5OS. The predicted octanol–water partition coefficient (Wildman–Crippen LogP) is 3.64. The molecule has 3 rings (SSSR count). The summed E-state index contributed by atoms with van der Waals surface area (Å²) in [6.07, 6.45) is 2.24. The second-order valence-electron chi connectivity index (χ2n) is 7.58. The Balaban J connectivity index is 0.00000320. The van der Waals surface area contributed by atoms with Crippen molar-refractivity contribution in [2.24, 2.45) is 4.99 Å². The van der Waals surface area contributed by atoms with Crippen LogP contribution in [0, 0.1) is 0 Å². The molecule has 1 saturated heterocycles. The van der Waals surface area contributed by atoms with Crippen LogP contribution in [0.15, 0.2) is 46.8 Å². The SMILES string of the molecule is CN=C(NCc1cccc(OCCN(C)C)c1)NC1CCN(c2cccs2)CC1.I. The third kappa shape index (κ3) is 7.96. The second kappa shape index (κ2) is 13.0. The molecule has 0 saturated carbocycles. The molecule has 30 heavy (non-hydrogen) atoms. The maximum absolute atomic E-state index is 5.83. The van der Waals surface area contributed by atoms with Gasteiger partial charge in [0.25, 0.3) is 0 Å². The number of likely N-dealkylation sites (N-methyl/N-ethyl adjacent to an activating group) is 1. The van der Waals surface area contributed by atoms with Crippen molar-refractivity contribution in [3.63, 3.8) is 0 Å². The largest absolute Gasteiger partial charge is 0.492 e. The van der Waals surface area contributed by atoms with Gasteiger partial charge < -0.3 is 25.2 Å². The third-order valence-corrected chi connectivity index (χ3v) is 5.97. The van der Waals surface area contributed by atoms with Crippen LogP contribution < -0.4 is 20.3 Å². The zero-order valence-electron chi connectivity index (χ0n) is 18.1. The molecule has 1 fully saturated rings. The Morgan fingerprint density at radius 1 is 1.23 bits per heavy atom. The zero-order chi connectivity index (χ0) is 20.5. The van der Waals surface area contributed by atoms with Crippen molar-refractivity contribution in [2.45, 2.75) is 25.4 Å². The number of thiophene rings is 1. The molecule has 0 bridgehead atoms. The molecule has 2 N–H and O–H groups in total. The Morgan fingerprint density at radius 3 is 2.70 bits per heavy atom. The highest BCUT2D eigenvalue weighted by molar-refractivity contribution is 14.0. The highest BCUT2D eigenvalue weighted by Crippen LogP contribution is 2.24. The first-order chi connectivity index (χ1) is 14.1. The average Bonchev–Trinajstić information content (AvgIpc) is 3.26. The molecule has 8 heteroatoms. The van der Waals surface area contributed by atoms with Crippen molar-refractivity contribution >= 4 is 46.3 Å². The minimum absolute atomic E-state index is 0. The lowest BCUT2D eigenvalue weighted by atomic mass is 10.1. The maximum Gasteiger partial charge on any atom is 0.191 e. The first-order valence-electron chi connectivity index (χ1n) is 10.3. The predicted molar refractivity (Wildman–Crippen MR) is 139 cm³/mol. The van der Waals surface area contributed by atoms with Gasteiger partial charge in [-0.05, 0) is 62.1 Å². The number of halogens is 1. The number of hydrogen-bond acceptors (Lipinski definition) is 5. The van der Waals surface area contributed by atoms with Gasteiger partial charge in [0, 0.05) is 39.3 Å². The summed E-state index contributed by atoms with van der Waals surface area (Å²) in [4.78, 5) is 8.99. The number of anilines is 1. The van der Waals surface area contributed by atoms with Crippen molar-refractivity contribution in [3.8, 4) is 5.75 Å². The van der Waals surface area contributed by atoms with Gasteiger partial charge in [-0.15, -0.1) is 35.3 Å². The van der Waals surface area contributed by atoms with Gasteiger partial charge in [0.2, 0.25) is 0 Å². The van der Waals surface area contributed by atoms with E-state index in [1.165, 1.54) is 10.6 Å². The molecule has 0 radical (unpaired) electrons. The highest BCUT2D eigenvalue weighted by atomic mass is 127. The van der Waals surface area contributed by atoms with E-state index in [0.717, 1.165) is 50.7 Å². The molecule has 0 amide bonds. The van der Waals surface area contributed by atoms with Crippen molar-refractivity contribution in [3.05, 3.63) is 47.3 Å². The first kappa shape index (κ1) is 24.7. The molecule has 1 aliphatic heterocycles. The topological polar surface area (TPSA) is 52.1 Å². The van der Waals surface area contributed by atoms with Crippen LogP contribution in [0.25, 0.3) is 0 Å². The zero-order valence-corrected chi connectivity index (χ0v) is 21.3. The Labute approximate surface area is 201 Å². The molecule has 0 atom stereocenters. The molecule has 2 aromatic rings. The number of nitrogens with zero attached hydrogens (tertiary/aromatic N) is 3. The van der Waals surface area contributed by atoms with E-state index >= 15 is 0 Å². The normalized spacial score (nSPS) is 15.1. The van der Waals surface area contributed by atoms with Gasteiger partial charge in [0.15, 0.2) is 5.96 Å². The Bertz CT molecular complexity index is 761. The highest BCUT2D eigenvalue weighted by Gasteiger charge is 2.20. The van der Waals surface area contributed by atoms with E-state index < -0.39 is 0 Å². The number of rotatable bonds is 8. The molecule has 2 heterocycles. The van der Waals surface area contributed by atoms with Crippen LogP contribution in [-0.2, 0) is 6.54 Å². The molecule has 0 unspecified atom stereocenters. The van der Waals surface area contributed by atoms with E-state index in [9.17, 15) is 0 Å². The minimum Gasteiger partial charge on any atom is -0.492 e. The third-order valence-electron chi connectivity index (χ3n) is 5.04. The molecule has 166 valence electrons. The maximum atomic E-state index is 5.83. The standard InChI is InChI=1S/C22H33N5OS.HI/c1-23-22(25-19-9-11-27(12-10-19)21-8-5-15-29-21)24-17-18-6-4-7-20(16-18)28-14-13-26(2)3;/h4-8,15-16,19H,9-14,17H2,1-3H3,(H2,23,24,25);1H. The molecular weight excluding hydrogens is 509 g/mol.